The van der Waals surface area contributed by atoms with Gasteiger partial charge >= 0.3 is 0 Å². The van der Waals surface area contributed by atoms with E-state index in [1.165, 1.54) is 4.57 Å². The minimum Gasteiger partial charge on any atom is -0.382 e. The number of aromatic nitrogens is 2. The number of fused-ring (bicyclic) bond motifs is 1. The fourth-order valence-corrected chi connectivity index (χ4v) is 2.36. The molecule has 106 valence electrons. The van der Waals surface area contributed by atoms with Gasteiger partial charge in [0.1, 0.15) is 11.4 Å². The predicted octanol–water partition coefficient (Wildman–Crippen LogP) is 2.61. The molecule has 0 radical (unpaired) electrons. The van der Waals surface area contributed by atoms with E-state index >= 15 is 0 Å². The lowest BCUT2D eigenvalue weighted by Crippen LogP contribution is -2.32. The van der Waals surface area contributed by atoms with E-state index in [0.717, 1.165) is 0 Å². The van der Waals surface area contributed by atoms with Crippen molar-refractivity contribution in [3.63, 3.8) is 0 Å². The molecule has 1 heterocycles. The smallest absolute Gasteiger partial charge is 0.266 e. The Morgan fingerprint density at radius 1 is 1.00 bits per heavy atom. The Kier molecular flexibility index (Phi) is 3.11. The highest BCUT2D eigenvalue weighted by atomic mass is 16.3. The maximum absolute atomic E-state index is 12.8. The molecule has 0 unspecified atom stereocenters. The van der Waals surface area contributed by atoms with E-state index in [-0.39, 0.29) is 5.56 Å². The summed E-state index contributed by atoms with van der Waals surface area (Å²) in [6.07, 6.45) is 0. The molecule has 2 aromatic carbocycles. The second kappa shape index (κ2) is 4.82. The molecule has 0 atom stereocenters. The van der Waals surface area contributed by atoms with Crippen molar-refractivity contribution >= 4 is 10.9 Å². The summed E-state index contributed by atoms with van der Waals surface area (Å²) in [5, 5.41) is 10.9. The summed E-state index contributed by atoms with van der Waals surface area (Å²) in [4.78, 5) is 17.3. The molecule has 0 saturated carbocycles. The second-order valence-corrected chi connectivity index (χ2v) is 5.49. The van der Waals surface area contributed by atoms with Crippen LogP contribution in [0, 0.1) is 0 Å². The van der Waals surface area contributed by atoms with Gasteiger partial charge in [0, 0.05) is 0 Å². The number of rotatable bonds is 2. The second-order valence-electron chi connectivity index (χ2n) is 5.49. The molecule has 0 bridgehead atoms. The van der Waals surface area contributed by atoms with Crippen molar-refractivity contribution in [3.8, 4) is 5.69 Å². The summed E-state index contributed by atoms with van der Waals surface area (Å²) < 4.78 is 1.47. The van der Waals surface area contributed by atoms with E-state index in [1.807, 2.05) is 42.5 Å². The highest BCUT2D eigenvalue weighted by molar-refractivity contribution is 5.77. The van der Waals surface area contributed by atoms with Gasteiger partial charge in [0.15, 0.2) is 0 Å². The molecule has 0 saturated heterocycles. The predicted molar refractivity (Wildman–Crippen MR) is 82.6 cm³/mol. The van der Waals surface area contributed by atoms with Crippen molar-refractivity contribution in [1.82, 2.24) is 9.55 Å². The molecule has 0 amide bonds. The fraction of sp³-hybridized carbons (Fsp3) is 0.176. The van der Waals surface area contributed by atoms with E-state index in [2.05, 4.69) is 4.98 Å². The number of aliphatic hydroxyl groups is 1. The quantitative estimate of drug-likeness (QED) is 0.785. The Balaban J connectivity index is 2.46. The summed E-state index contributed by atoms with van der Waals surface area (Å²) in [5.74, 6) is 0.331. The third-order valence-electron chi connectivity index (χ3n) is 3.34. The average Bonchev–Trinajstić information content (AvgIpc) is 2.47. The van der Waals surface area contributed by atoms with Gasteiger partial charge in [-0.05, 0) is 38.1 Å². The van der Waals surface area contributed by atoms with Crippen LogP contribution in [0.3, 0.4) is 0 Å². The number of nitrogens with zero attached hydrogens (tertiary/aromatic N) is 2. The highest BCUT2D eigenvalue weighted by Crippen LogP contribution is 2.21. The summed E-state index contributed by atoms with van der Waals surface area (Å²) >= 11 is 0. The van der Waals surface area contributed by atoms with Gasteiger partial charge < -0.3 is 5.11 Å². The molecule has 0 fully saturated rings. The fourth-order valence-electron chi connectivity index (χ4n) is 2.36. The summed E-state index contributed by atoms with van der Waals surface area (Å²) in [7, 11) is 0. The third-order valence-corrected chi connectivity index (χ3v) is 3.34. The van der Waals surface area contributed by atoms with Gasteiger partial charge in [-0.1, -0.05) is 30.3 Å². The Morgan fingerprint density at radius 2 is 1.62 bits per heavy atom. The van der Waals surface area contributed by atoms with Crippen LogP contribution < -0.4 is 5.56 Å². The minimum absolute atomic E-state index is 0.177. The standard InChI is InChI=1S/C17H16N2O2/c1-17(2,21)16-18-14-11-7-6-10-13(14)15(20)19(16)12-8-4-3-5-9-12/h3-11,21H,1-2H3. The first-order valence-corrected chi connectivity index (χ1v) is 6.78. The van der Waals surface area contributed by atoms with Gasteiger partial charge in [0.2, 0.25) is 0 Å². The van der Waals surface area contributed by atoms with Crippen molar-refractivity contribution in [2.24, 2.45) is 0 Å². The lowest BCUT2D eigenvalue weighted by atomic mass is 10.1. The van der Waals surface area contributed by atoms with Crippen molar-refractivity contribution in [1.29, 1.82) is 0 Å². The Morgan fingerprint density at radius 3 is 2.29 bits per heavy atom. The van der Waals surface area contributed by atoms with Gasteiger partial charge in [-0.25, -0.2) is 4.98 Å². The van der Waals surface area contributed by atoms with E-state index in [9.17, 15) is 9.90 Å². The van der Waals surface area contributed by atoms with Crippen LogP contribution >= 0.6 is 0 Å². The molecular weight excluding hydrogens is 264 g/mol. The summed E-state index contributed by atoms with van der Waals surface area (Å²) in [5.41, 5.74) is -0.118. The molecular formula is C17H16N2O2. The zero-order valence-corrected chi connectivity index (χ0v) is 11.9. The largest absolute Gasteiger partial charge is 0.382 e. The van der Waals surface area contributed by atoms with Crippen LogP contribution in [0.15, 0.2) is 59.4 Å². The van der Waals surface area contributed by atoms with Crippen LogP contribution in [0.1, 0.15) is 19.7 Å². The molecule has 1 N–H and O–H groups in total. The van der Waals surface area contributed by atoms with Crippen LogP contribution in [0.4, 0.5) is 0 Å². The lowest BCUT2D eigenvalue weighted by molar-refractivity contribution is 0.0662. The number of benzene rings is 2. The van der Waals surface area contributed by atoms with E-state index in [0.29, 0.717) is 22.4 Å². The molecule has 4 nitrogen and oxygen atoms in total. The third kappa shape index (κ3) is 2.34. The van der Waals surface area contributed by atoms with Gasteiger partial charge in [-0.3, -0.25) is 9.36 Å². The maximum atomic E-state index is 12.8. The zero-order chi connectivity index (χ0) is 15.0. The number of para-hydroxylation sites is 2. The van der Waals surface area contributed by atoms with E-state index in [1.54, 1.807) is 26.0 Å². The van der Waals surface area contributed by atoms with Gasteiger partial charge in [0.25, 0.3) is 5.56 Å². The minimum atomic E-state index is -1.22. The summed E-state index contributed by atoms with van der Waals surface area (Å²) in [6.45, 7) is 3.26. The number of hydrogen-bond donors (Lipinski definition) is 1. The molecule has 0 spiro atoms. The van der Waals surface area contributed by atoms with Gasteiger partial charge in [-0.2, -0.15) is 0 Å². The van der Waals surface area contributed by atoms with Crippen molar-refractivity contribution in [3.05, 3.63) is 70.8 Å². The van der Waals surface area contributed by atoms with Gasteiger partial charge in [-0.15, -0.1) is 0 Å². The van der Waals surface area contributed by atoms with Crippen molar-refractivity contribution in [2.75, 3.05) is 0 Å². The highest BCUT2D eigenvalue weighted by Gasteiger charge is 2.25. The molecule has 3 rings (SSSR count). The molecule has 0 aliphatic heterocycles. The Hall–Kier alpha value is -2.46. The van der Waals surface area contributed by atoms with E-state index < -0.39 is 5.60 Å². The van der Waals surface area contributed by atoms with Crippen LogP contribution in [0.5, 0.6) is 0 Å². The zero-order valence-electron chi connectivity index (χ0n) is 11.9. The van der Waals surface area contributed by atoms with Crippen molar-refractivity contribution in [2.45, 2.75) is 19.4 Å². The van der Waals surface area contributed by atoms with Crippen LogP contribution in [-0.4, -0.2) is 14.7 Å². The Bertz CT molecular complexity index is 846. The lowest BCUT2D eigenvalue weighted by Gasteiger charge is -2.22. The first kappa shape index (κ1) is 13.5. The SMILES string of the molecule is CC(C)(O)c1nc2ccccc2c(=O)n1-c1ccccc1. The van der Waals surface area contributed by atoms with Crippen LogP contribution in [-0.2, 0) is 5.60 Å². The normalized spacial score (nSPS) is 11.8. The molecule has 4 heteroatoms. The molecule has 0 aliphatic carbocycles. The Labute approximate surface area is 122 Å². The van der Waals surface area contributed by atoms with E-state index in [4.69, 9.17) is 0 Å². The molecule has 21 heavy (non-hydrogen) atoms. The first-order valence-electron chi connectivity index (χ1n) is 6.78. The van der Waals surface area contributed by atoms with Crippen molar-refractivity contribution < 1.29 is 5.11 Å². The first-order chi connectivity index (χ1) is 9.98. The van der Waals surface area contributed by atoms with Crippen LogP contribution in [0.25, 0.3) is 16.6 Å². The topological polar surface area (TPSA) is 55.1 Å². The molecule has 0 aliphatic rings. The molecule has 3 aromatic rings. The molecule has 1 aromatic heterocycles. The maximum Gasteiger partial charge on any atom is 0.266 e. The number of hydrogen-bond acceptors (Lipinski definition) is 3. The average molecular weight is 280 g/mol. The van der Waals surface area contributed by atoms with Crippen LogP contribution in [0.2, 0.25) is 0 Å². The van der Waals surface area contributed by atoms with Gasteiger partial charge in [0.05, 0.1) is 16.6 Å². The monoisotopic (exact) mass is 280 g/mol. The summed E-state index contributed by atoms with van der Waals surface area (Å²) in [6, 6.07) is 16.4.